The fourth-order valence-corrected chi connectivity index (χ4v) is 3.56. The second-order valence-electron chi connectivity index (χ2n) is 6.40. The van der Waals surface area contributed by atoms with Crippen LogP contribution in [0.4, 0.5) is 4.39 Å². The largest absolute Gasteiger partial charge is 0.378 e. The summed E-state index contributed by atoms with van der Waals surface area (Å²) in [6, 6.07) is 6.42. The van der Waals surface area contributed by atoms with E-state index in [0.717, 1.165) is 38.1 Å². The second-order valence-corrected chi connectivity index (χ2v) is 6.40. The van der Waals surface area contributed by atoms with Crippen LogP contribution in [0, 0.1) is 11.7 Å². The Hall–Kier alpha value is -1.42. The molecule has 4 heteroatoms. The lowest BCUT2D eigenvalue weighted by Crippen LogP contribution is -2.41. The van der Waals surface area contributed by atoms with Crippen LogP contribution in [0.2, 0.25) is 0 Å². The molecule has 0 saturated carbocycles. The first-order valence-electron chi connectivity index (χ1n) is 8.36. The van der Waals surface area contributed by atoms with Gasteiger partial charge in [0.1, 0.15) is 5.82 Å². The van der Waals surface area contributed by atoms with Gasteiger partial charge in [0.05, 0.1) is 6.10 Å². The van der Waals surface area contributed by atoms with E-state index in [4.69, 9.17) is 4.74 Å². The van der Waals surface area contributed by atoms with E-state index in [1.54, 1.807) is 12.1 Å². The number of rotatable bonds is 4. The van der Waals surface area contributed by atoms with Crippen molar-refractivity contribution in [3.63, 3.8) is 0 Å². The third kappa shape index (κ3) is 3.86. The van der Waals surface area contributed by atoms with Gasteiger partial charge in [0.15, 0.2) is 0 Å². The van der Waals surface area contributed by atoms with Gasteiger partial charge in [0.2, 0.25) is 5.91 Å². The molecule has 0 bridgehead atoms. The highest BCUT2D eigenvalue weighted by Gasteiger charge is 2.30. The monoisotopic (exact) mass is 305 g/mol. The Morgan fingerprint density at radius 3 is 2.55 bits per heavy atom. The van der Waals surface area contributed by atoms with Crippen molar-refractivity contribution in [2.75, 3.05) is 19.7 Å². The maximum atomic E-state index is 12.9. The van der Waals surface area contributed by atoms with Gasteiger partial charge in [0.25, 0.3) is 0 Å². The molecule has 0 radical (unpaired) electrons. The minimum absolute atomic E-state index is 0.218. The van der Waals surface area contributed by atoms with E-state index in [2.05, 4.69) is 0 Å². The van der Waals surface area contributed by atoms with Crippen molar-refractivity contribution >= 4 is 5.91 Å². The molecule has 2 aliphatic rings. The predicted molar refractivity (Wildman–Crippen MR) is 83.0 cm³/mol. The van der Waals surface area contributed by atoms with E-state index in [9.17, 15) is 9.18 Å². The molecule has 2 heterocycles. The number of hydrogen-bond donors (Lipinski definition) is 0. The highest BCUT2D eigenvalue weighted by Crippen LogP contribution is 2.29. The number of nitrogens with zero attached hydrogens (tertiary/aromatic N) is 1. The molecule has 1 amide bonds. The van der Waals surface area contributed by atoms with Gasteiger partial charge in [-0.15, -0.1) is 0 Å². The molecule has 0 aliphatic carbocycles. The van der Waals surface area contributed by atoms with E-state index in [1.807, 2.05) is 4.90 Å². The molecule has 0 spiro atoms. The van der Waals surface area contributed by atoms with Crippen molar-refractivity contribution in [1.29, 1.82) is 0 Å². The molecule has 22 heavy (non-hydrogen) atoms. The molecule has 0 aromatic heterocycles. The van der Waals surface area contributed by atoms with E-state index < -0.39 is 0 Å². The molecule has 1 unspecified atom stereocenters. The third-order valence-electron chi connectivity index (χ3n) is 4.92. The summed E-state index contributed by atoms with van der Waals surface area (Å²) in [6.07, 6.45) is 6.11. The zero-order chi connectivity index (χ0) is 15.4. The first kappa shape index (κ1) is 15.5. The molecule has 0 N–H and O–H groups in total. The fourth-order valence-electron chi connectivity index (χ4n) is 3.56. The first-order valence-corrected chi connectivity index (χ1v) is 8.36. The van der Waals surface area contributed by atoms with Gasteiger partial charge in [-0.1, -0.05) is 12.1 Å². The lowest BCUT2D eigenvalue weighted by Gasteiger charge is -2.34. The third-order valence-corrected chi connectivity index (χ3v) is 4.92. The Balaban J connectivity index is 1.42. The number of ether oxygens (including phenoxy) is 1. The lowest BCUT2D eigenvalue weighted by molar-refractivity contribution is -0.133. The number of likely N-dealkylation sites (tertiary alicyclic amines) is 1. The van der Waals surface area contributed by atoms with Crippen molar-refractivity contribution in [3.8, 4) is 0 Å². The number of amides is 1. The van der Waals surface area contributed by atoms with Crippen LogP contribution in [0.5, 0.6) is 0 Å². The highest BCUT2D eigenvalue weighted by molar-refractivity contribution is 5.76. The summed E-state index contributed by atoms with van der Waals surface area (Å²) in [7, 11) is 0. The Labute approximate surface area is 131 Å². The van der Waals surface area contributed by atoms with Crippen LogP contribution in [-0.2, 0) is 16.0 Å². The Kier molecular flexibility index (Phi) is 5.08. The van der Waals surface area contributed by atoms with Gasteiger partial charge in [-0.25, -0.2) is 4.39 Å². The van der Waals surface area contributed by atoms with Crippen LogP contribution in [0.25, 0.3) is 0 Å². The van der Waals surface area contributed by atoms with Gasteiger partial charge in [-0.05, 0) is 55.7 Å². The molecule has 2 fully saturated rings. The molecule has 2 aliphatic heterocycles. The SMILES string of the molecule is O=C(CCc1ccc(F)cc1)N1CCC(C2CCCO2)CC1. The van der Waals surface area contributed by atoms with Gasteiger partial charge in [-0.2, -0.15) is 0 Å². The van der Waals surface area contributed by atoms with Crippen molar-refractivity contribution in [3.05, 3.63) is 35.6 Å². The number of carbonyl (C=O) groups is 1. The van der Waals surface area contributed by atoms with E-state index in [0.29, 0.717) is 24.9 Å². The van der Waals surface area contributed by atoms with Crippen molar-refractivity contribution in [2.24, 2.45) is 5.92 Å². The molecular formula is C18H24FNO2. The molecular weight excluding hydrogens is 281 g/mol. The van der Waals surface area contributed by atoms with E-state index in [-0.39, 0.29) is 11.7 Å². The van der Waals surface area contributed by atoms with Crippen LogP contribution in [0.1, 0.15) is 37.7 Å². The van der Waals surface area contributed by atoms with Gasteiger partial charge in [-0.3, -0.25) is 4.79 Å². The molecule has 1 aromatic rings. The zero-order valence-electron chi connectivity index (χ0n) is 13.0. The quantitative estimate of drug-likeness (QED) is 0.855. The molecule has 1 aromatic carbocycles. The van der Waals surface area contributed by atoms with E-state index >= 15 is 0 Å². The maximum Gasteiger partial charge on any atom is 0.222 e. The number of benzene rings is 1. The summed E-state index contributed by atoms with van der Waals surface area (Å²) in [5.41, 5.74) is 1.02. The Bertz CT molecular complexity index is 488. The lowest BCUT2D eigenvalue weighted by atomic mass is 9.89. The standard InChI is InChI=1S/C18H24FNO2/c19-16-6-3-14(4-7-16)5-8-18(21)20-11-9-15(10-12-20)17-2-1-13-22-17/h3-4,6-7,15,17H,1-2,5,8-13H2. The van der Waals surface area contributed by atoms with Gasteiger partial charge >= 0.3 is 0 Å². The predicted octanol–water partition coefficient (Wildman–Crippen LogP) is 3.18. The topological polar surface area (TPSA) is 29.5 Å². The average Bonchev–Trinajstić information content (AvgIpc) is 3.09. The summed E-state index contributed by atoms with van der Waals surface area (Å²) in [5.74, 6) is 0.616. The second kappa shape index (κ2) is 7.23. The number of halogens is 1. The number of aryl methyl sites for hydroxylation is 1. The first-order chi connectivity index (χ1) is 10.7. The maximum absolute atomic E-state index is 12.9. The van der Waals surface area contributed by atoms with E-state index in [1.165, 1.54) is 25.0 Å². The smallest absolute Gasteiger partial charge is 0.222 e. The minimum atomic E-state index is -0.230. The molecule has 1 atom stereocenters. The summed E-state index contributed by atoms with van der Waals surface area (Å²) < 4.78 is 18.6. The van der Waals surface area contributed by atoms with Crippen LogP contribution in [0.3, 0.4) is 0 Å². The normalized spacial score (nSPS) is 23.0. The van der Waals surface area contributed by atoms with Crippen LogP contribution in [0.15, 0.2) is 24.3 Å². The summed E-state index contributed by atoms with van der Waals surface area (Å²) >= 11 is 0. The number of carbonyl (C=O) groups excluding carboxylic acids is 1. The molecule has 120 valence electrons. The van der Waals surface area contributed by atoms with Crippen molar-refractivity contribution < 1.29 is 13.9 Å². The Morgan fingerprint density at radius 1 is 1.18 bits per heavy atom. The molecule has 3 nitrogen and oxygen atoms in total. The highest BCUT2D eigenvalue weighted by atomic mass is 19.1. The summed E-state index contributed by atoms with van der Waals surface area (Å²) in [6.45, 7) is 2.61. The molecule has 3 rings (SSSR count). The zero-order valence-corrected chi connectivity index (χ0v) is 13.0. The summed E-state index contributed by atoms with van der Waals surface area (Å²) in [4.78, 5) is 14.3. The average molecular weight is 305 g/mol. The van der Waals surface area contributed by atoms with Crippen LogP contribution in [-0.4, -0.2) is 36.6 Å². The van der Waals surface area contributed by atoms with Crippen LogP contribution < -0.4 is 0 Å². The van der Waals surface area contributed by atoms with Gasteiger partial charge < -0.3 is 9.64 Å². The van der Waals surface area contributed by atoms with Crippen molar-refractivity contribution in [2.45, 2.75) is 44.6 Å². The fraction of sp³-hybridized carbons (Fsp3) is 0.611. The summed E-state index contributed by atoms with van der Waals surface area (Å²) in [5, 5.41) is 0. The van der Waals surface area contributed by atoms with Gasteiger partial charge in [0, 0.05) is 26.1 Å². The number of piperidine rings is 1. The molecule has 2 saturated heterocycles. The minimum Gasteiger partial charge on any atom is -0.378 e. The van der Waals surface area contributed by atoms with Crippen molar-refractivity contribution in [1.82, 2.24) is 4.90 Å². The number of hydrogen-bond acceptors (Lipinski definition) is 2. The van der Waals surface area contributed by atoms with Crippen LogP contribution >= 0.6 is 0 Å². The Morgan fingerprint density at radius 2 is 1.91 bits per heavy atom.